The first kappa shape index (κ1) is 15.7. The van der Waals surface area contributed by atoms with Gasteiger partial charge in [0.05, 0.1) is 18.4 Å². The van der Waals surface area contributed by atoms with Crippen LogP contribution >= 0.6 is 15.9 Å². The molecule has 1 aromatic carbocycles. The Labute approximate surface area is 131 Å². The molecule has 0 aliphatic rings. The topological polar surface area (TPSA) is 38.1 Å². The number of hydrogen-bond donors (Lipinski definition) is 0. The van der Waals surface area contributed by atoms with Gasteiger partial charge in [-0.05, 0) is 18.6 Å². The van der Waals surface area contributed by atoms with Crippen molar-refractivity contribution in [3.8, 4) is 0 Å². The minimum Gasteiger partial charge on any atom is -0.373 e. The van der Waals surface area contributed by atoms with Crippen molar-refractivity contribution < 1.29 is 4.39 Å². The second kappa shape index (κ2) is 6.85. The van der Waals surface area contributed by atoms with Gasteiger partial charge in [-0.1, -0.05) is 28.9 Å². The van der Waals surface area contributed by atoms with E-state index in [-0.39, 0.29) is 17.9 Å². The van der Waals surface area contributed by atoms with Crippen molar-refractivity contribution in [2.45, 2.75) is 19.9 Å². The molecule has 0 amide bonds. The summed E-state index contributed by atoms with van der Waals surface area (Å²) in [7, 11) is 1.92. The monoisotopic (exact) mass is 353 g/mol. The fourth-order valence-electron chi connectivity index (χ4n) is 2.03. The van der Waals surface area contributed by atoms with Gasteiger partial charge in [0, 0.05) is 29.7 Å². The van der Waals surface area contributed by atoms with Crippen LogP contribution in [0.2, 0.25) is 0 Å². The van der Waals surface area contributed by atoms with Crippen LogP contribution in [0.5, 0.6) is 0 Å². The number of rotatable bonds is 5. The van der Waals surface area contributed by atoms with Gasteiger partial charge in [0.25, 0.3) is 5.56 Å². The van der Waals surface area contributed by atoms with Crippen LogP contribution in [0.25, 0.3) is 0 Å². The second-order valence-corrected chi connectivity index (χ2v) is 5.78. The number of nitrogens with zero attached hydrogens (tertiary/aromatic N) is 3. The van der Waals surface area contributed by atoms with Crippen LogP contribution in [0.15, 0.2) is 39.7 Å². The molecule has 0 radical (unpaired) electrons. The number of aromatic nitrogens is 2. The third-order valence-electron chi connectivity index (χ3n) is 3.19. The Morgan fingerprint density at radius 2 is 2.14 bits per heavy atom. The molecule has 21 heavy (non-hydrogen) atoms. The lowest BCUT2D eigenvalue weighted by Crippen LogP contribution is -2.26. The number of hydrogen-bond acceptors (Lipinski definition) is 3. The molecule has 0 saturated carbocycles. The molecule has 0 aliphatic heterocycles. The first-order chi connectivity index (χ1) is 10.0. The summed E-state index contributed by atoms with van der Waals surface area (Å²) < 4.78 is 15.7. The van der Waals surface area contributed by atoms with E-state index >= 15 is 0 Å². The second-order valence-electron chi connectivity index (χ2n) is 4.87. The van der Waals surface area contributed by atoms with Crippen LogP contribution in [-0.2, 0) is 6.54 Å². The summed E-state index contributed by atoms with van der Waals surface area (Å²) in [6.07, 6.45) is 2.62. The van der Waals surface area contributed by atoms with Gasteiger partial charge in [-0.3, -0.25) is 4.79 Å². The Kier molecular flexibility index (Phi) is 5.12. The van der Waals surface area contributed by atoms with Gasteiger partial charge in [-0.25, -0.2) is 9.07 Å². The maximum absolute atomic E-state index is 13.8. The van der Waals surface area contributed by atoms with Crippen LogP contribution in [0.4, 0.5) is 10.1 Å². The number of anilines is 1. The van der Waals surface area contributed by atoms with E-state index in [1.165, 1.54) is 16.8 Å². The zero-order valence-corrected chi connectivity index (χ0v) is 13.6. The van der Waals surface area contributed by atoms with Gasteiger partial charge in [0.1, 0.15) is 5.82 Å². The van der Waals surface area contributed by atoms with E-state index in [9.17, 15) is 9.18 Å². The molecule has 0 spiro atoms. The van der Waals surface area contributed by atoms with E-state index in [2.05, 4.69) is 28.0 Å². The normalized spacial score (nSPS) is 10.7. The molecule has 2 rings (SSSR count). The molecule has 112 valence electrons. The van der Waals surface area contributed by atoms with Gasteiger partial charge in [-0.2, -0.15) is 5.10 Å². The molecule has 6 heteroatoms. The predicted octanol–water partition coefficient (Wildman–Crippen LogP) is 3.04. The fraction of sp³-hybridized carbons (Fsp3) is 0.333. The molecular formula is C15H17BrFN3O. The third-order valence-corrected chi connectivity index (χ3v) is 3.68. The maximum Gasteiger partial charge on any atom is 0.269 e. The fourth-order valence-corrected chi connectivity index (χ4v) is 2.36. The molecule has 4 nitrogen and oxygen atoms in total. The van der Waals surface area contributed by atoms with Gasteiger partial charge in [0.2, 0.25) is 0 Å². The van der Waals surface area contributed by atoms with E-state index < -0.39 is 0 Å². The van der Waals surface area contributed by atoms with E-state index in [1.807, 2.05) is 11.9 Å². The van der Waals surface area contributed by atoms with E-state index in [1.54, 1.807) is 18.3 Å². The van der Waals surface area contributed by atoms with Crippen molar-refractivity contribution in [1.82, 2.24) is 9.78 Å². The minimum absolute atomic E-state index is 0.121. The van der Waals surface area contributed by atoms with E-state index in [0.29, 0.717) is 10.0 Å². The Bertz CT molecular complexity index is 687. The van der Waals surface area contributed by atoms with Gasteiger partial charge >= 0.3 is 0 Å². The van der Waals surface area contributed by atoms with Crippen molar-refractivity contribution in [3.63, 3.8) is 0 Å². The quantitative estimate of drug-likeness (QED) is 0.829. The lowest BCUT2D eigenvalue weighted by molar-refractivity contribution is 0.571. The van der Waals surface area contributed by atoms with Gasteiger partial charge < -0.3 is 4.90 Å². The SMILES string of the molecule is CCCN(C)c1cnn(Cc2ccc(Br)cc2F)c(=O)c1. The Balaban J connectivity index is 2.23. The standard InChI is InChI=1S/C15H17BrFN3O/c1-3-6-19(2)13-8-15(21)20(18-9-13)10-11-4-5-12(16)7-14(11)17/h4-5,7-9H,3,6,10H2,1-2H3. The lowest BCUT2D eigenvalue weighted by atomic mass is 10.2. The summed E-state index contributed by atoms with van der Waals surface area (Å²) in [4.78, 5) is 14.0. The highest BCUT2D eigenvalue weighted by Gasteiger charge is 2.08. The first-order valence-corrected chi connectivity index (χ1v) is 7.52. The molecule has 0 atom stereocenters. The predicted molar refractivity (Wildman–Crippen MR) is 85.3 cm³/mol. The minimum atomic E-state index is -0.356. The first-order valence-electron chi connectivity index (χ1n) is 6.73. The van der Waals surface area contributed by atoms with Crippen molar-refractivity contribution >= 4 is 21.6 Å². The van der Waals surface area contributed by atoms with Crippen LogP contribution in [0, 0.1) is 5.82 Å². The van der Waals surface area contributed by atoms with Crippen LogP contribution in [0.3, 0.4) is 0 Å². The van der Waals surface area contributed by atoms with Crippen molar-refractivity contribution in [1.29, 1.82) is 0 Å². The molecule has 2 aromatic rings. The highest BCUT2D eigenvalue weighted by Crippen LogP contribution is 2.16. The van der Waals surface area contributed by atoms with Gasteiger partial charge in [-0.15, -0.1) is 0 Å². The molecule has 1 aromatic heterocycles. The van der Waals surface area contributed by atoms with Gasteiger partial charge in [0.15, 0.2) is 0 Å². The number of benzene rings is 1. The van der Waals surface area contributed by atoms with Crippen molar-refractivity contribution in [2.24, 2.45) is 0 Å². The number of halogens is 2. The van der Waals surface area contributed by atoms with Crippen molar-refractivity contribution in [3.05, 3.63) is 56.7 Å². The summed E-state index contributed by atoms with van der Waals surface area (Å²) in [5.74, 6) is -0.356. The molecule has 0 aliphatic carbocycles. The molecule has 1 heterocycles. The average Bonchev–Trinajstić information content (AvgIpc) is 2.44. The summed E-state index contributed by atoms with van der Waals surface area (Å²) in [5, 5.41) is 4.12. The van der Waals surface area contributed by atoms with Crippen LogP contribution in [-0.4, -0.2) is 23.4 Å². The summed E-state index contributed by atoms with van der Waals surface area (Å²) in [6.45, 7) is 3.05. The molecule has 0 N–H and O–H groups in total. The summed E-state index contributed by atoms with van der Waals surface area (Å²) in [5.41, 5.74) is 0.967. The van der Waals surface area contributed by atoms with E-state index in [0.717, 1.165) is 18.7 Å². The third kappa shape index (κ3) is 3.91. The molecule has 0 bridgehead atoms. The molecule has 0 saturated heterocycles. The maximum atomic E-state index is 13.8. The molecule has 0 fully saturated rings. The van der Waals surface area contributed by atoms with Crippen LogP contribution in [0.1, 0.15) is 18.9 Å². The lowest BCUT2D eigenvalue weighted by Gasteiger charge is -2.17. The highest BCUT2D eigenvalue weighted by molar-refractivity contribution is 9.10. The van der Waals surface area contributed by atoms with E-state index in [4.69, 9.17) is 0 Å². The Hall–Kier alpha value is -1.69. The molecular weight excluding hydrogens is 337 g/mol. The zero-order chi connectivity index (χ0) is 15.4. The zero-order valence-electron chi connectivity index (χ0n) is 12.0. The smallest absolute Gasteiger partial charge is 0.269 e. The Morgan fingerprint density at radius 1 is 1.38 bits per heavy atom. The highest BCUT2D eigenvalue weighted by atomic mass is 79.9. The summed E-state index contributed by atoms with van der Waals surface area (Å²) >= 11 is 3.21. The molecule has 0 unspecified atom stereocenters. The Morgan fingerprint density at radius 3 is 2.76 bits per heavy atom. The average molecular weight is 354 g/mol. The summed E-state index contributed by atoms with van der Waals surface area (Å²) in [6, 6.07) is 6.29. The van der Waals surface area contributed by atoms with Crippen molar-refractivity contribution in [2.75, 3.05) is 18.5 Å². The van der Waals surface area contributed by atoms with Crippen LogP contribution < -0.4 is 10.5 Å². The largest absolute Gasteiger partial charge is 0.373 e.